The third-order valence-corrected chi connectivity index (χ3v) is 1.26. The van der Waals surface area contributed by atoms with E-state index >= 15 is 0 Å². The Labute approximate surface area is 59.7 Å². The minimum atomic E-state index is -0.903. The second-order valence-corrected chi connectivity index (χ2v) is 2.36. The van der Waals surface area contributed by atoms with E-state index in [0.717, 1.165) is 0 Å². The standard InChI is InChI=1S/C6H13NO3/c1-4(7)5(8)2-3-6(9)10/h4-5,8H,2-3,7H2,1H3,(H,9,10)/t4-,5-/m1/s1. The van der Waals surface area contributed by atoms with Gasteiger partial charge in [0, 0.05) is 12.5 Å². The van der Waals surface area contributed by atoms with Gasteiger partial charge < -0.3 is 15.9 Å². The van der Waals surface area contributed by atoms with Gasteiger partial charge in [0.1, 0.15) is 0 Å². The Balaban J connectivity index is 3.39. The predicted octanol–water partition coefficient (Wildman–Crippen LogP) is -0.441. The summed E-state index contributed by atoms with van der Waals surface area (Å²) >= 11 is 0. The summed E-state index contributed by atoms with van der Waals surface area (Å²) < 4.78 is 0. The summed E-state index contributed by atoms with van der Waals surface area (Å²) in [6.07, 6.45) is -0.494. The molecule has 0 aliphatic rings. The van der Waals surface area contributed by atoms with Crippen molar-refractivity contribution >= 4 is 5.97 Å². The molecule has 2 atom stereocenters. The van der Waals surface area contributed by atoms with E-state index in [-0.39, 0.29) is 18.9 Å². The number of aliphatic hydroxyl groups excluding tert-OH is 1. The summed E-state index contributed by atoms with van der Waals surface area (Å²) in [4.78, 5) is 9.97. The van der Waals surface area contributed by atoms with Crippen LogP contribution in [0.5, 0.6) is 0 Å². The Morgan fingerprint density at radius 1 is 1.70 bits per heavy atom. The van der Waals surface area contributed by atoms with E-state index in [1.807, 2.05) is 0 Å². The lowest BCUT2D eigenvalue weighted by Gasteiger charge is -2.11. The number of aliphatic carboxylic acids is 1. The van der Waals surface area contributed by atoms with Gasteiger partial charge in [-0.05, 0) is 13.3 Å². The van der Waals surface area contributed by atoms with Gasteiger partial charge in [-0.15, -0.1) is 0 Å². The van der Waals surface area contributed by atoms with Crippen LogP contribution in [0.1, 0.15) is 19.8 Å². The molecule has 0 aliphatic heterocycles. The van der Waals surface area contributed by atoms with Crippen LogP contribution in [-0.4, -0.2) is 28.3 Å². The first-order chi connectivity index (χ1) is 4.54. The fourth-order valence-electron chi connectivity index (χ4n) is 0.534. The molecule has 0 saturated carbocycles. The summed E-state index contributed by atoms with van der Waals surface area (Å²) in [5.74, 6) is -0.903. The fraction of sp³-hybridized carbons (Fsp3) is 0.833. The molecule has 0 amide bonds. The topological polar surface area (TPSA) is 83.5 Å². The highest BCUT2D eigenvalue weighted by Crippen LogP contribution is 1.99. The van der Waals surface area contributed by atoms with Crippen LogP contribution < -0.4 is 5.73 Å². The van der Waals surface area contributed by atoms with Gasteiger partial charge >= 0.3 is 5.97 Å². The highest BCUT2D eigenvalue weighted by molar-refractivity contribution is 5.66. The van der Waals surface area contributed by atoms with Gasteiger partial charge in [-0.2, -0.15) is 0 Å². The zero-order chi connectivity index (χ0) is 8.15. The van der Waals surface area contributed by atoms with Gasteiger partial charge in [0.2, 0.25) is 0 Å². The summed E-state index contributed by atoms with van der Waals surface area (Å²) in [6, 6.07) is -0.348. The van der Waals surface area contributed by atoms with Crippen LogP contribution in [0, 0.1) is 0 Å². The Morgan fingerprint density at radius 3 is 2.50 bits per heavy atom. The number of rotatable bonds is 4. The molecule has 60 valence electrons. The zero-order valence-corrected chi connectivity index (χ0v) is 5.95. The highest BCUT2D eigenvalue weighted by Gasteiger charge is 2.10. The molecule has 0 aliphatic carbocycles. The third kappa shape index (κ3) is 4.29. The van der Waals surface area contributed by atoms with Crippen molar-refractivity contribution in [3.8, 4) is 0 Å². The van der Waals surface area contributed by atoms with Crippen molar-refractivity contribution in [3.05, 3.63) is 0 Å². The molecule has 0 aromatic heterocycles. The van der Waals surface area contributed by atoms with Crippen LogP contribution in [0.2, 0.25) is 0 Å². The maximum atomic E-state index is 9.97. The molecule has 0 bridgehead atoms. The molecule has 4 nitrogen and oxygen atoms in total. The largest absolute Gasteiger partial charge is 0.481 e. The maximum Gasteiger partial charge on any atom is 0.303 e. The SMILES string of the molecule is C[C@@H](N)[C@H](O)CCC(=O)O. The number of nitrogens with two attached hydrogens (primary N) is 1. The molecule has 0 aromatic rings. The van der Waals surface area contributed by atoms with Crippen molar-refractivity contribution < 1.29 is 15.0 Å². The van der Waals surface area contributed by atoms with E-state index < -0.39 is 12.1 Å². The van der Waals surface area contributed by atoms with Crippen molar-refractivity contribution in [3.63, 3.8) is 0 Å². The first kappa shape index (κ1) is 9.39. The van der Waals surface area contributed by atoms with Gasteiger partial charge in [-0.1, -0.05) is 0 Å². The van der Waals surface area contributed by atoms with Crippen LogP contribution in [0.25, 0.3) is 0 Å². The monoisotopic (exact) mass is 147 g/mol. The van der Waals surface area contributed by atoms with Gasteiger partial charge in [0.25, 0.3) is 0 Å². The number of hydrogen-bond donors (Lipinski definition) is 3. The number of carbonyl (C=O) groups is 1. The van der Waals surface area contributed by atoms with Gasteiger partial charge in [0.05, 0.1) is 6.10 Å². The van der Waals surface area contributed by atoms with Crippen molar-refractivity contribution in [2.24, 2.45) is 5.73 Å². The zero-order valence-electron chi connectivity index (χ0n) is 5.95. The number of carboxylic acids is 1. The molecule has 0 heterocycles. The van der Waals surface area contributed by atoms with Crippen molar-refractivity contribution in [2.75, 3.05) is 0 Å². The minimum Gasteiger partial charge on any atom is -0.481 e. The fourth-order valence-corrected chi connectivity index (χ4v) is 0.534. The molecular weight excluding hydrogens is 134 g/mol. The smallest absolute Gasteiger partial charge is 0.303 e. The Kier molecular flexibility index (Phi) is 3.99. The van der Waals surface area contributed by atoms with E-state index in [4.69, 9.17) is 15.9 Å². The van der Waals surface area contributed by atoms with Crippen LogP contribution in [0.4, 0.5) is 0 Å². The van der Waals surface area contributed by atoms with Crippen molar-refractivity contribution in [1.29, 1.82) is 0 Å². The van der Waals surface area contributed by atoms with E-state index in [0.29, 0.717) is 0 Å². The Hall–Kier alpha value is -0.610. The molecule has 0 rings (SSSR count). The molecule has 0 saturated heterocycles. The van der Waals surface area contributed by atoms with Crippen LogP contribution in [0.15, 0.2) is 0 Å². The molecule has 10 heavy (non-hydrogen) atoms. The average molecular weight is 147 g/mol. The van der Waals surface area contributed by atoms with E-state index in [2.05, 4.69) is 0 Å². The maximum absolute atomic E-state index is 9.97. The first-order valence-electron chi connectivity index (χ1n) is 3.19. The van der Waals surface area contributed by atoms with Crippen molar-refractivity contribution in [1.82, 2.24) is 0 Å². The second-order valence-electron chi connectivity index (χ2n) is 2.36. The molecule has 4 N–H and O–H groups in total. The predicted molar refractivity (Wildman–Crippen MR) is 36.5 cm³/mol. The van der Waals surface area contributed by atoms with Crippen molar-refractivity contribution in [2.45, 2.75) is 31.9 Å². The summed E-state index contributed by atoms with van der Waals surface area (Å²) in [5.41, 5.74) is 5.28. The van der Waals surface area contributed by atoms with Gasteiger partial charge in [0.15, 0.2) is 0 Å². The summed E-state index contributed by atoms with van der Waals surface area (Å²) in [5, 5.41) is 17.2. The van der Waals surface area contributed by atoms with E-state index in [9.17, 15) is 4.79 Å². The molecule has 0 unspecified atom stereocenters. The quantitative estimate of drug-likeness (QED) is 0.503. The number of carboxylic acid groups (broad SMARTS) is 1. The molecule has 0 radical (unpaired) electrons. The summed E-state index contributed by atoms with van der Waals surface area (Å²) in [6.45, 7) is 1.65. The minimum absolute atomic E-state index is 0.0251. The van der Waals surface area contributed by atoms with Gasteiger partial charge in [-0.25, -0.2) is 0 Å². The van der Waals surface area contributed by atoms with E-state index in [1.165, 1.54) is 0 Å². The molecule has 4 heteroatoms. The lowest BCUT2D eigenvalue weighted by molar-refractivity contribution is -0.137. The second kappa shape index (κ2) is 4.24. The van der Waals surface area contributed by atoms with Crippen LogP contribution in [0.3, 0.4) is 0 Å². The Bertz CT molecular complexity index is 114. The Morgan fingerprint density at radius 2 is 2.20 bits per heavy atom. The number of aliphatic hydroxyl groups is 1. The lowest BCUT2D eigenvalue weighted by atomic mass is 10.1. The molecular formula is C6H13NO3. The molecule has 0 spiro atoms. The van der Waals surface area contributed by atoms with Crippen LogP contribution in [-0.2, 0) is 4.79 Å². The first-order valence-corrected chi connectivity index (χ1v) is 3.19. The normalized spacial score (nSPS) is 16.3. The highest BCUT2D eigenvalue weighted by atomic mass is 16.4. The molecule has 0 aromatic carbocycles. The van der Waals surface area contributed by atoms with Gasteiger partial charge in [-0.3, -0.25) is 4.79 Å². The lowest BCUT2D eigenvalue weighted by Crippen LogP contribution is -2.31. The molecule has 0 fully saturated rings. The number of hydrogen-bond acceptors (Lipinski definition) is 3. The third-order valence-electron chi connectivity index (χ3n) is 1.26. The average Bonchev–Trinajstić information content (AvgIpc) is 1.82. The van der Waals surface area contributed by atoms with E-state index in [1.54, 1.807) is 6.92 Å². The van der Waals surface area contributed by atoms with Crippen LogP contribution >= 0.6 is 0 Å². The summed E-state index contributed by atoms with van der Waals surface area (Å²) in [7, 11) is 0.